The molecule has 1 aliphatic rings. The van der Waals surface area contributed by atoms with Crippen molar-refractivity contribution in [2.75, 3.05) is 0 Å². The van der Waals surface area contributed by atoms with Gasteiger partial charge in [0.25, 0.3) is 0 Å². The first kappa shape index (κ1) is 18.3. The number of hydrogen-bond acceptors (Lipinski definition) is 2. The Balaban J connectivity index is 1.40. The van der Waals surface area contributed by atoms with Gasteiger partial charge in [0.2, 0.25) is 0 Å². The lowest BCUT2D eigenvalue weighted by molar-refractivity contribution is 0.0923. The maximum Gasteiger partial charge on any atom is 0.165 e. The van der Waals surface area contributed by atoms with E-state index in [1.54, 1.807) is 0 Å². The minimum atomic E-state index is 0.146. The Kier molecular flexibility index (Phi) is 5.66. The summed E-state index contributed by atoms with van der Waals surface area (Å²) in [5, 5.41) is 1.27. The molecule has 27 heavy (non-hydrogen) atoms. The number of hydrogen-bond donors (Lipinski definition) is 0. The molecule has 0 unspecified atom stereocenters. The highest BCUT2D eigenvalue weighted by atomic mass is 35.5. The molecular formula is C24H21ClOS. The van der Waals surface area contributed by atoms with E-state index >= 15 is 0 Å². The van der Waals surface area contributed by atoms with E-state index in [1.807, 2.05) is 66.4 Å². The van der Waals surface area contributed by atoms with Crippen LogP contribution in [0.2, 0.25) is 5.02 Å². The van der Waals surface area contributed by atoms with Gasteiger partial charge in [0.05, 0.1) is 0 Å². The van der Waals surface area contributed by atoms with Crippen LogP contribution in [0.15, 0.2) is 83.8 Å². The number of Topliss-reactive ketones (excluding diaryl/α,β-unsaturated/α-hetero) is 1. The van der Waals surface area contributed by atoms with E-state index in [9.17, 15) is 4.79 Å². The highest BCUT2D eigenvalue weighted by Crippen LogP contribution is 2.39. The molecule has 3 aromatic carbocycles. The lowest BCUT2D eigenvalue weighted by Crippen LogP contribution is -2.12. The minimum Gasteiger partial charge on any atom is -0.294 e. The summed E-state index contributed by atoms with van der Waals surface area (Å²) >= 11 is 7.86. The largest absolute Gasteiger partial charge is 0.294 e. The summed E-state index contributed by atoms with van der Waals surface area (Å²) < 4.78 is 0. The van der Waals surface area contributed by atoms with Crippen LogP contribution in [0.1, 0.15) is 29.6 Å². The minimum absolute atomic E-state index is 0.146. The molecule has 3 aromatic rings. The zero-order chi connectivity index (χ0) is 18.6. The lowest BCUT2D eigenvalue weighted by atomic mass is 9.94. The van der Waals surface area contributed by atoms with Crippen LogP contribution in [0.5, 0.6) is 0 Å². The van der Waals surface area contributed by atoms with Crippen molar-refractivity contribution >= 4 is 29.1 Å². The van der Waals surface area contributed by atoms with E-state index in [4.69, 9.17) is 11.6 Å². The standard InChI is InChI=1S/C24H21ClOS/c25-21-13-10-18(11-14-21)17-6-8-19(9-7-17)24(26)20-12-15-23(16-20)27-22-4-2-1-3-5-22/h1-11,13-14,20,23H,12,15-16H2/t20-,23+/m1/s1. The first-order valence-electron chi connectivity index (χ1n) is 9.31. The van der Waals surface area contributed by atoms with Crippen molar-refractivity contribution < 1.29 is 4.79 Å². The van der Waals surface area contributed by atoms with Gasteiger partial charge in [0.1, 0.15) is 0 Å². The van der Waals surface area contributed by atoms with Crippen LogP contribution in [0.25, 0.3) is 11.1 Å². The third-order valence-electron chi connectivity index (χ3n) is 5.15. The van der Waals surface area contributed by atoms with E-state index in [0.717, 1.165) is 41.0 Å². The molecule has 136 valence electrons. The van der Waals surface area contributed by atoms with Crippen molar-refractivity contribution in [3.8, 4) is 11.1 Å². The highest BCUT2D eigenvalue weighted by Gasteiger charge is 2.30. The smallest absolute Gasteiger partial charge is 0.165 e. The number of thioether (sulfide) groups is 1. The summed E-state index contributed by atoms with van der Waals surface area (Å²) in [5.41, 5.74) is 3.04. The van der Waals surface area contributed by atoms with Gasteiger partial charge in [-0.15, -0.1) is 11.8 Å². The molecule has 1 saturated carbocycles. The molecule has 0 aromatic heterocycles. The van der Waals surface area contributed by atoms with E-state index in [0.29, 0.717) is 5.25 Å². The van der Waals surface area contributed by atoms with Crippen LogP contribution in [0.4, 0.5) is 0 Å². The SMILES string of the molecule is O=C(c1ccc(-c2ccc(Cl)cc2)cc1)[C@@H]1CC[C@H](Sc2ccccc2)C1. The lowest BCUT2D eigenvalue weighted by Gasteiger charge is -2.11. The maximum atomic E-state index is 12.9. The number of carbonyl (C=O) groups is 1. The van der Waals surface area contributed by atoms with Gasteiger partial charge in [-0.1, -0.05) is 66.2 Å². The van der Waals surface area contributed by atoms with Gasteiger partial charge in [-0.2, -0.15) is 0 Å². The first-order chi connectivity index (χ1) is 13.2. The summed E-state index contributed by atoms with van der Waals surface area (Å²) in [7, 11) is 0. The normalized spacial score (nSPS) is 19.1. The van der Waals surface area contributed by atoms with Crippen LogP contribution in [-0.4, -0.2) is 11.0 Å². The number of ketones is 1. The van der Waals surface area contributed by atoms with E-state index in [1.165, 1.54) is 4.90 Å². The molecule has 3 heteroatoms. The van der Waals surface area contributed by atoms with Crippen LogP contribution in [0.3, 0.4) is 0 Å². The molecule has 0 N–H and O–H groups in total. The fourth-order valence-corrected chi connectivity index (χ4v) is 5.09. The summed E-state index contributed by atoms with van der Waals surface area (Å²) in [6, 6.07) is 26.2. The zero-order valence-corrected chi connectivity index (χ0v) is 16.5. The first-order valence-corrected chi connectivity index (χ1v) is 10.6. The van der Waals surface area contributed by atoms with Crippen LogP contribution in [-0.2, 0) is 0 Å². The van der Waals surface area contributed by atoms with Crippen LogP contribution >= 0.6 is 23.4 Å². The average Bonchev–Trinajstić information content (AvgIpc) is 3.17. The molecule has 0 heterocycles. The number of carbonyl (C=O) groups excluding carboxylic acids is 1. The number of rotatable bonds is 5. The van der Waals surface area contributed by atoms with Crippen molar-refractivity contribution in [2.45, 2.75) is 29.4 Å². The fourth-order valence-electron chi connectivity index (χ4n) is 3.68. The van der Waals surface area contributed by atoms with E-state index in [-0.39, 0.29) is 11.7 Å². The molecule has 0 spiro atoms. The van der Waals surface area contributed by atoms with Gasteiger partial charge in [0.15, 0.2) is 5.78 Å². The van der Waals surface area contributed by atoms with Crippen molar-refractivity contribution in [3.63, 3.8) is 0 Å². The van der Waals surface area contributed by atoms with Gasteiger partial charge in [0, 0.05) is 26.6 Å². The maximum absolute atomic E-state index is 12.9. The molecule has 1 nitrogen and oxygen atoms in total. The zero-order valence-electron chi connectivity index (χ0n) is 15.0. The quantitative estimate of drug-likeness (QED) is 0.429. The third-order valence-corrected chi connectivity index (χ3v) is 6.71. The monoisotopic (exact) mass is 392 g/mol. The molecular weight excluding hydrogens is 372 g/mol. The van der Waals surface area contributed by atoms with Crippen molar-refractivity contribution in [2.24, 2.45) is 5.92 Å². The second-order valence-corrected chi connectivity index (χ2v) is 8.82. The van der Waals surface area contributed by atoms with E-state index in [2.05, 4.69) is 24.3 Å². The van der Waals surface area contributed by atoms with Gasteiger partial charge >= 0.3 is 0 Å². The molecule has 0 bridgehead atoms. The molecule has 0 radical (unpaired) electrons. The number of halogens is 1. The van der Waals surface area contributed by atoms with Gasteiger partial charge in [-0.05, 0) is 54.7 Å². The Morgan fingerprint density at radius 1 is 0.815 bits per heavy atom. The Bertz CT molecular complexity index is 903. The predicted octanol–water partition coefficient (Wildman–Crippen LogP) is 7.15. The average molecular weight is 393 g/mol. The van der Waals surface area contributed by atoms with Gasteiger partial charge < -0.3 is 0 Å². The highest BCUT2D eigenvalue weighted by molar-refractivity contribution is 8.00. The molecule has 0 aliphatic heterocycles. The Hall–Kier alpha value is -2.03. The Labute approximate surface area is 169 Å². The third kappa shape index (κ3) is 4.45. The van der Waals surface area contributed by atoms with Gasteiger partial charge in [-0.3, -0.25) is 4.79 Å². The van der Waals surface area contributed by atoms with Gasteiger partial charge in [-0.25, -0.2) is 0 Å². The summed E-state index contributed by atoms with van der Waals surface area (Å²) in [5.74, 6) is 0.432. The summed E-state index contributed by atoms with van der Waals surface area (Å²) in [6.45, 7) is 0. The molecule has 1 aliphatic carbocycles. The second kappa shape index (κ2) is 8.33. The summed E-state index contributed by atoms with van der Waals surface area (Å²) in [6.07, 6.45) is 3.07. The molecule has 4 rings (SSSR count). The van der Waals surface area contributed by atoms with Crippen LogP contribution < -0.4 is 0 Å². The Morgan fingerprint density at radius 2 is 1.44 bits per heavy atom. The predicted molar refractivity (Wildman–Crippen MR) is 115 cm³/mol. The number of benzene rings is 3. The molecule has 0 amide bonds. The van der Waals surface area contributed by atoms with Crippen molar-refractivity contribution in [3.05, 3.63) is 89.4 Å². The van der Waals surface area contributed by atoms with E-state index < -0.39 is 0 Å². The van der Waals surface area contributed by atoms with Crippen molar-refractivity contribution in [1.82, 2.24) is 0 Å². The molecule has 2 atom stereocenters. The van der Waals surface area contributed by atoms with Crippen molar-refractivity contribution in [1.29, 1.82) is 0 Å². The van der Waals surface area contributed by atoms with Crippen LogP contribution in [0, 0.1) is 5.92 Å². The molecule has 0 saturated heterocycles. The fraction of sp³-hybridized carbons (Fsp3) is 0.208. The topological polar surface area (TPSA) is 17.1 Å². The Morgan fingerprint density at radius 3 is 2.11 bits per heavy atom. The second-order valence-electron chi connectivity index (χ2n) is 7.01. The molecule has 1 fully saturated rings. The summed E-state index contributed by atoms with van der Waals surface area (Å²) in [4.78, 5) is 14.2.